The molecule has 1 heterocycles. The van der Waals surface area contributed by atoms with E-state index < -0.39 is 0 Å². The van der Waals surface area contributed by atoms with Gasteiger partial charge >= 0.3 is 0 Å². The Morgan fingerprint density at radius 1 is 1.32 bits per heavy atom. The van der Waals surface area contributed by atoms with Crippen molar-refractivity contribution in [3.05, 3.63) is 6.07 Å². The first-order valence-electron chi connectivity index (χ1n) is 6.97. The van der Waals surface area contributed by atoms with Gasteiger partial charge in [-0.05, 0) is 32.1 Å². The highest BCUT2D eigenvalue weighted by atomic mass is 16.3. The molecule has 1 saturated carbocycles. The molecular weight excluding hydrogens is 242 g/mol. The molecular formula is C13H23N5O. The second-order valence-electron chi connectivity index (χ2n) is 5.09. The van der Waals surface area contributed by atoms with Crippen molar-refractivity contribution in [2.24, 2.45) is 5.92 Å². The standard InChI is InChI=1S/C13H23N5O/c1-2-15-11-7-12(18-13(14)17-11)16-8-9-4-3-5-10(19)6-9/h7,9-10,19H,2-6,8H2,1H3,(H4,14,15,16,17,18). The maximum absolute atomic E-state index is 9.65. The van der Waals surface area contributed by atoms with Crippen LogP contribution in [0.15, 0.2) is 6.07 Å². The van der Waals surface area contributed by atoms with Crippen LogP contribution in [-0.2, 0) is 0 Å². The topological polar surface area (TPSA) is 96.1 Å². The monoisotopic (exact) mass is 265 g/mol. The van der Waals surface area contributed by atoms with Crippen LogP contribution in [0, 0.1) is 5.92 Å². The minimum absolute atomic E-state index is 0.145. The maximum atomic E-state index is 9.65. The lowest BCUT2D eigenvalue weighted by atomic mass is 9.87. The highest BCUT2D eigenvalue weighted by molar-refractivity contribution is 5.50. The summed E-state index contributed by atoms with van der Waals surface area (Å²) in [7, 11) is 0. The van der Waals surface area contributed by atoms with Crippen molar-refractivity contribution in [3.8, 4) is 0 Å². The number of nitrogens with one attached hydrogen (secondary N) is 2. The summed E-state index contributed by atoms with van der Waals surface area (Å²) in [6.07, 6.45) is 3.91. The minimum atomic E-state index is -0.145. The highest BCUT2D eigenvalue weighted by Gasteiger charge is 2.19. The van der Waals surface area contributed by atoms with E-state index in [0.717, 1.165) is 50.4 Å². The molecule has 0 saturated heterocycles. The molecule has 1 aromatic rings. The third kappa shape index (κ3) is 4.24. The van der Waals surface area contributed by atoms with E-state index >= 15 is 0 Å². The van der Waals surface area contributed by atoms with Crippen molar-refractivity contribution in [1.29, 1.82) is 0 Å². The molecule has 0 spiro atoms. The van der Waals surface area contributed by atoms with Gasteiger partial charge in [-0.3, -0.25) is 0 Å². The zero-order valence-electron chi connectivity index (χ0n) is 11.4. The Balaban J connectivity index is 1.91. The number of hydrogen-bond acceptors (Lipinski definition) is 6. The zero-order valence-corrected chi connectivity index (χ0v) is 11.4. The molecule has 0 aromatic carbocycles. The van der Waals surface area contributed by atoms with Gasteiger partial charge in [-0.25, -0.2) is 0 Å². The molecule has 2 rings (SSSR count). The van der Waals surface area contributed by atoms with Crippen LogP contribution in [0.25, 0.3) is 0 Å². The highest BCUT2D eigenvalue weighted by Crippen LogP contribution is 2.24. The summed E-state index contributed by atoms with van der Waals surface area (Å²) >= 11 is 0. The maximum Gasteiger partial charge on any atom is 0.223 e. The molecule has 6 heteroatoms. The SMILES string of the molecule is CCNc1cc(NCC2CCCC(O)C2)nc(N)n1. The summed E-state index contributed by atoms with van der Waals surface area (Å²) in [5, 5.41) is 16.1. The van der Waals surface area contributed by atoms with Gasteiger partial charge < -0.3 is 21.5 Å². The predicted octanol–water partition coefficient (Wildman–Crippen LogP) is 1.45. The summed E-state index contributed by atoms with van der Waals surface area (Å²) in [4.78, 5) is 8.28. The van der Waals surface area contributed by atoms with Crippen LogP contribution >= 0.6 is 0 Å². The Morgan fingerprint density at radius 2 is 2.05 bits per heavy atom. The lowest BCUT2D eigenvalue weighted by Crippen LogP contribution is -2.25. The molecule has 106 valence electrons. The third-order valence-electron chi connectivity index (χ3n) is 3.43. The Kier molecular flexibility index (Phi) is 4.79. The van der Waals surface area contributed by atoms with Crippen LogP contribution in [0.3, 0.4) is 0 Å². The number of nitrogens with zero attached hydrogens (tertiary/aromatic N) is 2. The van der Waals surface area contributed by atoms with E-state index in [2.05, 4.69) is 20.6 Å². The summed E-state index contributed by atoms with van der Waals surface area (Å²) in [6.45, 7) is 3.62. The van der Waals surface area contributed by atoms with Crippen LogP contribution < -0.4 is 16.4 Å². The van der Waals surface area contributed by atoms with Gasteiger partial charge in [0.1, 0.15) is 11.6 Å². The molecule has 6 nitrogen and oxygen atoms in total. The van der Waals surface area contributed by atoms with Gasteiger partial charge in [0.15, 0.2) is 0 Å². The second-order valence-corrected chi connectivity index (χ2v) is 5.09. The largest absolute Gasteiger partial charge is 0.393 e. The second kappa shape index (κ2) is 6.56. The van der Waals surface area contributed by atoms with Gasteiger partial charge in [0.25, 0.3) is 0 Å². The van der Waals surface area contributed by atoms with Crippen molar-refractivity contribution >= 4 is 17.6 Å². The number of aliphatic hydroxyl groups is 1. The first-order chi connectivity index (χ1) is 9.17. The van der Waals surface area contributed by atoms with Gasteiger partial charge in [0.05, 0.1) is 6.10 Å². The normalized spacial score (nSPS) is 23.1. The van der Waals surface area contributed by atoms with Crippen LogP contribution in [0.4, 0.5) is 17.6 Å². The van der Waals surface area contributed by atoms with E-state index in [1.807, 2.05) is 13.0 Å². The van der Waals surface area contributed by atoms with Crippen LogP contribution in [-0.4, -0.2) is 34.3 Å². The fourth-order valence-corrected chi connectivity index (χ4v) is 2.53. The Labute approximate surface area is 113 Å². The van der Waals surface area contributed by atoms with Gasteiger partial charge in [0.2, 0.25) is 5.95 Å². The molecule has 0 radical (unpaired) electrons. The Morgan fingerprint density at radius 3 is 2.74 bits per heavy atom. The van der Waals surface area contributed by atoms with Crippen LogP contribution in [0.1, 0.15) is 32.6 Å². The number of nitrogen functional groups attached to an aromatic ring is 1. The fraction of sp³-hybridized carbons (Fsp3) is 0.692. The molecule has 0 aliphatic heterocycles. The van der Waals surface area contributed by atoms with Crippen molar-refractivity contribution < 1.29 is 5.11 Å². The smallest absolute Gasteiger partial charge is 0.223 e. The van der Waals surface area contributed by atoms with Crippen molar-refractivity contribution in [3.63, 3.8) is 0 Å². The average molecular weight is 265 g/mol. The van der Waals surface area contributed by atoms with E-state index in [1.54, 1.807) is 0 Å². The fourth-order valence-electron chi connectivity index (χ4n) is 2.53. The van der Waals surface area contributed by atoms with Crippen molar-refractivity contribution in [2.75, 3.05) is 29.5 Å². The van der Waals surface area contributed by atoms with Gasteiger partial charge in [0, 0.05) is 19.2 Å². The molecule has 5 N–H and O–H groups in total. The Bertz CT molecular complexity index is 412. The summed E-state index contributed by atoms with van der Waals surface area (Å²) in [6, 6.07) is 1.86. The first-order valence-corrected chi connectivity index (χ1v) is 6.97. The van der Waals surface area contributed by atoms with Crippen LogP contribution in [0.5, 0.6) is 0 Å². The lowest BCUT2D eigenvalue weighted by molar-refractivity contribution is 0.104. The average Bonchev–Trinajstić information content (AvgIpc) is 2.36. The molecule has 1 aliphatic carbocycles. The number of hydrogen-bond donors (Lipinski definition) is 4. The van der Waals surface area contributed by atoms with Gasteiger partial charge in [-0.15, -0.1) is 0 Å². The molecule has 1 aliphatic rings. The third-order valence-corrected chi connectivity index (χ3v) is 3.43. The molecule has 1 aromatic heterocycles. The number of nitrogens with two attached hydrogens (primary N) is 1. The minimum Gasteiger partial charge on any atom is -0.393 e. The van der Waals surface area contributed by atoms with E-state index in [1.165, 1.54) is 0 Å². The number of rotatable bonds is 5. The zero-order chi connectivity index (χ0) is 13.7. The lowest BCUT2D eigenvalue weighted by Gasteiger charge is -2.26. The molecule has 0 bridgehead atoms. The Hall–Kier alpha value is -1.56. The molecule has 2 atom stereocenters. The van der Waals surface area contributed by atoms with Crippen molar-refractivity contribution in [1.82, 2.24) is 9.97 Å². The summed E-state index contributed by atoms with van der Waals surface area (Å²) < 4.78 is 0. The van der Waals surface area contributed by atoms with E-state index in [0.29, 0.717) is 5.92 Å². The van der Waals surface area contributed by atoms with Crippen LogP contribution in [0.2, 0.25) is 0 Å². The predicted molar refractivity (Wildman–Crippen MR) is 77.1 cm³/mol. The summed E-state index contributed by atoms with van der Waals surface area (Å²) in [5.74, 6) is 2.25. The van der Waals surface area contributed by atoms with E-state index in [4.69, 9.17) is 5.73 Å². The van der Waals surface area contributed by atoms with Gasteiger partial charge in [-0.1, -0.05) is 6.42 Å². The van der Waals surface area contributed by atoms with Gasteiger partial charge in [-0.2, -0.15) is 9.97 Å². The molecule has 2 unspecified atom stereocenters. The molecule has 1 fully saturated rings. The molecule has 19 heavy (non-hydrogen) atoms. The summed E-state index contributed by atoms with van der Waals surface area (Å²) in [5.41, 5.74) is 5.68. The number of aliphatic hydroxyl groups excluding tert-OH is 1. The first kappa shape index (κ1) is 13.9. The van der Waals surface area contributed by atoms with Crippen molar-refractivity contribution in [2.45, 2.75) is 38.7 Å². The quantitative estimate of drug-likeness (QED) is 0.643. The van der Waals surface area contributed by atoms with E-state index in [-0.39, 0.29) is 12.1 Å². The number of anilines is 3. The number of aromatic nitrogens is 2. The molecule has 0 amide bonds. The van der Waals surface area contributed by atoms with E-state index in [9.17, 15) is 5.11 Å².